The first kappa shape index (κ1) is 18.6. The zero-order chi connectivity index (χ0) is 18.9. The Kier molecular flexibility index (Phi) is 5.14. The van der Waals surface area contributed by atoms with Gasteiger partial charge in [-0.1, -0.05) is 17.7 Å². The van der Waals surface area contributed by atoms with Crippen molar-refractivity contribution in [3.63, 3.8) is 0 Å². The van der Waals surface area contributed by atoms with Gasteiger partial charge in [0.2, 0.25) is 5.91 Å². The number of benzene rings is 1. The number of amides is 2. The third-order valence-electron chi connectivity index (χ3n) is 4.94. The molecule has 0 spiro atoms. The van der Waals surface area contributed by atoms with E-state index in [-0.39, 0.29) is 12.0 Å². The molecule has 1 aromatic carbocycles. The molecule has 1 fully saturated rings. The van der Waals surface area contributed by atoms with Gasteiger partial charge in [-0.25, -0.2) is 4.79 Å². The highest BCUT2D eigenvalue weighted by Gasteiger charge is 2.37. The van der Waals surface area contributed by atoms with Crippen LogP contribution in [0, 0.1) is 0 Å². The SMILES string of the molecule is CCOC(=O)N1CCN(C(=O)C(C)(C)c2c[nH]c3cc(Cl)ccc23)CC1. The topological polar surface area (TPSA) is 65.6 Å². The average Bonchev–Trinajstić information content (AvgIpc) is 3.05. The second-order valence-electron chi connectivity index (χ2n) is 7.00. The lowest BCUT2D eigenvalue weighted by molar-refractivity contribution is -0.137. The fraction of sp³-hybridized carbons (Fsp3) is 0.474. The zero-order valence-electron chi connectivity index (χ0n) is 15.3. The molecule has 0 saturated carbocycles. The van der Waals surface area contributed by atoms with Crippen molar-refractivity contribution in [1.82, 2.24) is 14.8 Å². The molecule has 1 saturated heterocycles. The molecule has 0 aliphatic carbocycles. The van der Waals surface area contributed by atoms with Crippen LogP contribution in [0.4, 0.5) is 4.79 Å². The molecule has 1 aliphatic rings. The summed E-state index contributed by atoms with van der Waals surface area (Å²) in [7, 11) is 0. The number of piperazine rings is 1. The monoisotopic (exact) mass is 377 g/mol. The molecule has 7 heteroatoms. The van der Waals surface area contributed by atoms with Crippen LogP contribution in [0.25, 0.3) is 10.9 Å². The molecule has 0 unspecified atom stereocenters. The van der Waals surface area contributed by atoms with Crippen LogP contribution in [0.3, 0.4) is 0 Å². The molecular formula is C19H24ClN3O3. The van der Waals surface area contributed by atoms with Crippen LogP contribution in [-0.4, -0.2) is 59.6 Å². The quantitative estimate of drug-likeness (QED) is 0.891. The summed E-state index contributed by atoms with van der Waals surface area (Å²) in [5, 5.41) is 1.66. The predicted octanol–water partition coefficient (Wildman–Crippen LogP) is 3.40. The largest absolute Gasteiger partial charge is 0.450 e. The van der Waals surface area contributed by atoms with E-state index in [9.17, 15) is 9.59 Å². The highest BCUT2D eigenvalue weighted by atomic mass is 35.5. The van der Waals surface area contributed by atoms with E-state index in [0.717, 1.165) is 16.5 Å². The lowest BCUT2D eigenvalue weighted by Crippen LogP contribution is -2.54. The first-order chi connectivity index (χ1) is 12.3. The average molecular weight is 378 g/mol. The predicted molar refractivity (Wildman–Crippen MR) is 102 cm³/mol. The minimum absolute atomic E-state index is 0.0526. The van der Waals surface area contributed by atoms with E-state index in [2.05, 4.69) is 4.98 Å². The molecule has 0 atom stereocenters. The number of halogens is 1. The van der Waals surface area contributed by atoms with Crippen molar-refractivity contribution < 1.29 is 14.3 Å². The van der Waals surface area contributed by atoms with Crippen LogP contribution in [0.5, 0.6) is 0 Å². The van der Waals surface area contributed by atoms with Crippen molar-refractivity contribution in [1.29, 1.82) is 0 Å². The van der Waals surface area contributed by atoms with Gasteiger partial charge in [0.05, 0.1) is 12.0 Å². The zero-order valence-corrected chi connectivity index (χ0v) is 16.1. The Morgan fingerprint density at radius 1 is 1.19 bits per heavy atom. The van der Waals surface area contributed by atoms with Gasteiger partial charge in [0.25, 0.3) is 0 Å². The Morgan fingerprint density at radius 3 is 2.50 bits per heavy atom. The van der Waals surface area contributed by atoms with Crippen molar-refractivity contribution in [3.05, 3.63) is 35.0 Å². The van der Waals surface area contributed by atoms with E-state index in [1.807, 2.05) is 43.1 Å². The maximum absolute atomic E-state index is 13.2. The first-order valence-electron chi connectivity index (χ1n) is 8.82. The van der Waals surface area contributed by atoms with E-state index in [0.29, 0.717) is 37.8 Å². The Hall–Kier alpha value is -2.21. The van der Waals surface area contributed by atoms with Gasteiger partial charge in [0.1, 0.15) is 0 Å². The van der Waals surface area contributed by atoms with Crippen LogP contribution >= 0.6 is 11.6 Å². The number of H-pyrrole nitrogens is 1. The van der Waals surface area contributed by atoms with Gasteiger partial charge in [-0.05, 0) is 38.5 Å². The second-order valence-corrected chi connectivity index (χ2v) is 7.43. The van der Waals surface area contributed by atoms with Crippen molar-refractivity contribution in [3.8, 4) is 0 Å². The molecule has 0 bridgehead atoms. The number of rotatable bonds is 3. The van der Waals surface area contributed by atoms with E-state index in [1.165, 1.54) is 0 Å². The highest BCUT2D eigenvalue weighted by molar-refractivity contribution is 6.31. The summed E-state index contributed by atoms with van der Waals surface area (Å²) in [6.07, 6.45) is 1.57. The number of fused-ring (bicyclic) bond motifs is 1. The molecule has 6 nitrogen and oxygen atoms in total. The summed E-state index contributed by atoms with van der Waals surface area (Å²) in [5.74, 6) is 0.0526. The molecule has 1 N–H and O–H groups in total. The van der Waals surface area contributed by atoms with Crippen LogP contribution in [0.1, 0.15) is 26.3 Å². The maximum Gasteiger partial charge on any atom is 0.409 e. The van der Waals surface area contributed by atoms with Gasteiger partial charge >= 0.3 is 6.09 Å². The van der Waals surface area contributed by atoms with Crippen LogP contribution < -0.4 is 0 Å². The van der Waals surface area contributed by atoms with Gasteiger partial charge in [0.15, 0.2) is 0 Å². The maximum atomic E-state index is 13.2. The molecule has 140 valence electrons. The van der Waals surface area contributed by atoms with E-state index in [4.69, 9.17) is 16.3 Å². The molecule has 0 radical (unpaired) electrons. The Bertz CT molecular complexity index is 823. The Morgan fingerprint density at radius 2 is 1.85 bits per heavy atom. The van der Waals surface area contributed by atoms with E-state index >= 15 is 0 Å². The summed E-state index contributed by atoms with van der Waals surface area (Å²) in [5.41, 5.74) is 1.18. The smallest absolute Gasteiger partial charge is 0.409 e. The van der Waals surface area contributed by atoms with Crippen LogP contribution in [0.2, 0.25) is 5.02 Å². The van der Waals surface area contributed by atoms with Crippen molar-refractivity contribution in [2.75, 3.05) is 32.8 Å². The number of nitrogens with zero attached hydrogens (tertiary/aromatic N) is 2. The summed E-state index contributed by atoms with van der Waals surface area (Å²) in [4.78, 5) is 31.7. The Labute approximate surface area is 158 Å². The molecule has 2 aromatic rings. The summed E-state index contributed by atoms with van der Waals surface area (Å²) < 4.78 is 5.03. The fourth-order valence-electron chi connectivity index (χ4n) is 3.43. The van der Waals surface area contributed by atoms with Gasteiger partial charge in [0, 0.05) is 48.3 Å². The van der Waals surface area contributed by atoms with Gasteiger partial charge in [-0.15, -0.1) is 0 Å². The third-order valence-corrected chi connectivity index (χ3v) is 5.18. The molecule has 2 heterocycles. The summed E-state index contributed by atoms with van der Waals surface area (Å²) >= 11 is 6.05. The normalized spacial score (nSPS) is 15.4. The molecule has 1 aromatic heterocycles. The molecule has 1 aliphatic heterocycles. The van der Waals surface area contributed by atoms with Crippen molar-refractivity contribution in [2.45, 2.75) is 26.2 Å². The lowest BCUT2D eigenvalue weighted by Gasteiger charge is -2.38. The van der Waals surface area contributed by atoms with Crippen LogP contribution in [0.15, 0.2) is 24.4 Å². The molecule has 3 rings (SSSR count). The number of hydrogen-bond acceptors (Lipinski definition) is 3. The fourth-order valence-corrected chi connectivity index (χ4v) is 3.60. The van der Waals surface area contributed by atoms with Crippen molar-refractivity contribution >= 4 is 34.5 Å². The first-order valence-corrected chi connectivity index (χ1v) is 9.20. The van der Waals surface area contributed by atoms with Crippen molar-refractivity contribution in [2.24, 2.45) is 0 Å². The number of ether oxygens (including phenoxy) is 1. The summed E-state index contributed by atoms with van der Waals surface area (Å²) in [6, 6.07) is 5.64. The minimum atomic E-state index is -0.682. The van der Waals surface area contributed by atoms with E-state index < -0.39 is 5.41 Å². The second kappa shape index (κ2) is 7.19. The molecular weight excluding hydrogens is 354 g/mol. The van der Waals surface area contributed by atoms with Crippen LogP contribution in [-0.2, 0) is 14.9 Å². The summed E-state index contributed by atoms with van der Waals surface area (Å²) in [6.45, 7) is 8.01. The number of carbonyl (C=O) groups excluding carboxylic acids is 2. The Balaban J connectivity index is 1.75. The molecule has 2 amide bonds. The third kappa shape index (κ3) is 3.38. The molecule has 26 heavy (non-hydrogen) atoms. The number of carbonyl (C=O) groups is 2. The lowest BCUT2D eigenvalue weighted by atomic mass is 9.82. The number of hydrogen-bond donors (Lipinski definition) is 1. The number of aromatic nitrogens is 1. The number of nitrogens with one attached hydrogen (secondary N) is 1. The van der Waals surface area contributed by atoms with Gasteiger partial charge in [-0.2, -0.15) is 0 Å². The highest BCUT2D eigenvalue weighted by Crippen LogP contribution is 2.33. The van der Waals surface area contributed by atoms with E-state index in [1.54, 1.807) is 11.8 Å². The number of aromatic amines is 1. The minimum Gasteiger partial charge on any atom is -0.450 e. The standard InChI is InChI=1S/C19H24ClN3O3/c1-4-26-18(25)23-9-7-22(8-10-23)17(24)19(2,3)15-12-21-16-11-13(20)5-6-14(15)16/h5-6,11-12,21H,4,7-10H2,1-3H3. The van der Waals surface area contributed by atoms with Gasteiger partial charge < -0.3 is 19.5 Å². The van der Waals surface area contributed by atoms with Gasteiger partial charge in [-0.3, -0.25) is 4.79 Å².